The molecule has 1 fully saturated rings. The third kappa shape index (κ3) is 4.47. The summed E-state index contributed by atoms with van der Waals surface area (Å²) in [6, 6.07) is 8.18. The van der Waals surface area contributed by atoms with Crippen LogP contribution in [0.15, 0.2) is 24.3 Å². The number of ether oxygens (including phenoxy) is 2. The second kappa shape index (κ2) is 8.25. The molecule has 112 valence electrons. The quantitative estimate of drug-likeness (QED) is 0.765. The van der Waals surface area contributed by atoms with E-state index in [0.717, 1.165) is 37.2 Å². The second-order valence-corrected chi connectivity index (χ2v) is 5.22. The number of nitrogens with one attached hydrogen (secondary N) is 1. The smallest absolute Gasteiger partial charge is 0.123 e. The average molecular weight is 279 g/mol. The Bertz CT molecular complexity index is 362. The molecule has 0 amide bonds. The van der Waals surface area contributed by atoms with Gasteiger partial charge in [-0.25, -0.2) is 0 Å². The van der Waals surface area contributed by atoms with Gasteiger partial charge < -0.3 is 19.9 Å². The lowest BCUT2D eigenvalue weighted by Crippen LogP contribution is -2.31. The van der Waals surface area contributed by atoms with Crippen molar-refractivity contribution in [1.29, 1.82) is 0 Å². The number of para-hydroxylation sites is 1. The highest BCUT2D eigenvalue weighted by Crippen LogP contribution is 2.20. The standard InChI is InChI=1S/C16H25NO3/c1-2-14(11-18)17-10-13-6-3-4-8-16(13)20-12-15-7-5-9-19-15/h3-4,6,8,14-15,17-18H,2,5,7,9-12H2,1H3. The zero-order valence-electron chi connectivity index (χ0n) is 12.2. The fourth-order valence-corrected chi connectivity index (χ4v) is 2.34. The first-order valence-electron chi connectivity index (χ1n) is 7.50. The molecule has 0 aromatic heterocycles. The van der Waals surface area contributed by atoms with Crippen molar-refractivity contribution in [2.75, 3.05) is 19.8 Å². The monoisotopic (exact) mass is 279 g/mol. The van der Waals surface area contributed by atoms with E-state index in [4.69, 9.17) is 9.47 Å². The van der Waals surface area contributed by atoms with E-state index in [1.165, 1.54) is 0 Å². The van der Waals surface area contributed by atoms with E-state index in [-0.39, 0.29) is 18.8 Å². The molecule has 2 N–H and O–H groups in total. The van der Waals surface area contributed by atoms with E-state index >= 15 is 0 Å². The molecule has 2 atom stereocenters. The third-order valence-electron chi connectivity index (χ3n) is 3.72. The van der Waals surface area contributed by atoms with Gasteiger partial charge in [-0.15, -0.1) is 0 Å². The Morgan fingerprint density at radius 3 is 3.00 bits per heavy atom. The summed E-state index contributed by atoms with van der Waals surface area (Å²) in [5.74, 6) is 0.906. The maximum atomic E-state index is 9.21. The Kier molecular flexibility index (Phi) is 6.30. The molecular formula is C16H25NO3. The van der Waals surface area contributed by atoms with E-state index < -0.39 is 0 Å². The summed E-state index contributed by atoms with van der Waals surface area (Å²) in [5.41, 5.74) is 1.12. The highest BCUT2D eigenvalue weighted by atomic mass is 16.5. The van der Waals surface area contributed by atoms with Crippen molar-refractivity contribution < 1.29 is 14.6 Å². The van der Waals surface area contributed by atoms with Crippen molar-refractivity contribution >= 4 is 0 Å². The van der Waals surface area contributed by atoms with Crippen molar-refractivity contribution in [3.8, 4) is 5.75 Å². The van der Waals surface area contributed by atoms with Crippen molar-refractivity contribution in [1.82, 2.24) is 5.32 Å². The number of benzene rings is 1. The van der Waals surface area contributed by atoms with Gasteiger partial charge in [-0.2, -0.15) is 0 Å². The van der Waals surface area contributed by atoms with Gasteiger partial charge in [0.15, 0.2) is 0 Å². The molecule has 1 aromatic rings. The molecule has 1 aromatic carbocycles. The topological polar surface area (TPSA) is 50.7 Å². The van der Waals surface area contributed by atoms with Gasteiger partial charge in [0.1, 0.15) is 12.4 Å². The van der Waals surface area contributed by atoms with Crippen molar-refractivity contribution in [2.24, 2.45) is 0 Å². The molecule has 1 aliphatic heterocycles. The summed E-state index contributed by atoms with van der Waals surface area (Å²) in [5, 5.41) is 12.6. The maximum absolute atomic E-state index is 9.21. The van der Waals surface area contributed by atoms with Gasteiger partial charge in [0.05, 0.1) is 12.7 Å². The summed E-state index contributed by atoms with van der Waals surface area (Å²) in [4.78, 5) is 0. The van der Waals surface area contributed by atoms with E-state index in [1.807, 2.05) is 18.2 Å². The number of aliphatic hydroxyl groups is 1. The molecule has 0 spiro atoms. The highest BCUT2D eigenvalue weighted by molar-refractivity contribution is 5.33. The van der Waals surface area contributed by atoms with Gasteiger partial charge >= 0.3 is 0 Å². The minimum absolute atomic E-state index is 0.140. The second-order valence-electron chi connectivity index (χ2n) is 5.22. The van der Waals surface area contributed by atoms with Crippen LogP contribution in [0, 0.1) is 0 Å². The Labute approximate surface area is 121 Å². The lowest BCUT2D eigenvalue weighted by atomic mass is 10.1. The van der Waals surface area contributed by atoms with Crippen molar-refractivity contribution in [2.45, 2.75) is 44.9 Å². The van der Waals surface area contributed by atoms with Gasteiger partial charge in [-0.3, -0.25) is 0 Å². The zero-order chi connectivity index (χ0) is 14.2. The fourth-order valence-electron chi connectivity index (χ4n) is 2.34. The summed E-state index contributed by atoms with van der Waals surface area (Å²) in [6.07, 6.45) is 3.36. The molecule has 4 nitrogen and oxygen atoms in total. The molecule has 0 saturated carbocycles. The predicted octanol–water partition coefficient (Wildman–Crippen LogP) is 2.10. The molecule has 1 heterocycles. The van der Waals surface area contributed by atoms with Crippen LogP contribution in [0.2, 0.25) is 0 Å². The first-order chi connectivity index (χ1) is 9.83. The molecule has 0 bridgehead atoms. The van der Waals surface area contributed by atoms with Crippen molar-refractivity contribution in [3.63, 3.8) is 0 Å². The maximum Gasteiger partial charge on any atom is 0.123 e. The Morgan fingerprint density at radius 2 is 2.30 bits per heavy atom. The van der Waals surface area contributed by atoms with Gasteiger partial charge in [-0.1, -0.05) is 25.1 Å². The lowest BCUT2D eigenvalue weighted by molar-refractivity contribution is 0.0675. The summed E-state index contributed by atoms with van der Waals surface area (Å²) < 4.78 is 11.5. The average Bonchev–Trinajstić information content (AvgIpc) is 3.00. The fraction of sp³-hybridized carbons (Fsp3) is 0.625. The lowest BCUT2D eigenvalue weighted by Gasteiger charge is -2.17. The summed E-state index contributed by atoms with van der Waals surface area (Å²) in [7, 11) is 0. The van der Waals surface area contributed by atoms with Crippen LogP contribution in [-0.4, -0.2) is 37.1 Å². The Hall–Kier alpha value is -1.10. The van der Waals surface area contributed by atoms with E-state index in [1.54, 1.807) is 0 Å². The molecule has 4 heteroatoms. The highest BCUT2D eigenvalue weighted by Gasteiger charge is 2.16. The van der Waals surface area contributed by atoms with E-state index in [0.29, 0.717) is 13.2 Å². The Balaban J connectivity index is 1.87. The first kappa shape index (κ1) is 15.3. The van der Waals surface area contributed by atoms with E-state index in [9.17, 15) is 5.11 Å². The van der Waals surface area contributed by atoms with Gasteiger partial charge in [0.25, 0.3) is 0 Å². The van der Waals surface area contributed by atoms with Crippen LogP contribution in [0.5, 0.6) is 5.75 Å². The summed E-state index contributed by atoms with van der Waals surface area (Å²) >= 11 is 0. The number of hydrogen-bond donors (Lipinski definition) is 2. The molecule has 2 unspecified atom stereocenters. The van der Waals surface area contributed by atoms with Crippen LogP contribution < -0.4 is 10.1 Å². The van der Waals surface area contributed by atoms with Crippen LogP contribution in [0.1, 0.15) is 31.7 Å². The molecule has 1 saturated heterocycles. The van der Waals surface area contributed by atoms with E-state index in [2.05, 4.69) is 18.3 Å². The molecule has 1 aliphatic rings. The predicted molar refractivity (Wildman–Crippen MR) is 78.9 cm³/mol. The van der Waals surface area contributed by atoms with Crippen LogP contribution in [-0.2, 0) is 11.3 Å². The molecule has 0 aliphatic carbocycles. The van der Waals surface area contributed by atoms with Crippen LogP contribution in [0.25, 0.3) is 0 Å². The number of aliphatic hydroxyl groups excluding tert-OH is 1. The Morgan fingerprint density at radius 1 is 1.45 bits per heavy atom. The minimum atomic E-state index is 0.140. The van der Waals surface area contributed by atoms with Crippen LogP contribution in [0.3, 0.4) is 0 Å². The molecule has 0 radical (unpaired) electrons. The number of hydrogen-bond acceptors (Lipinski definition) is 4. The molecule has 20 heavy (non-hydrogen) atoms. The van der Waals surface area contributed by atoms with Crippen LogP contribution >= 0.6 is 0 Å². The molecular weight excluding hydrogens is 254 g/mol. The van der Waals surface area contributed by atoms with Gasteiger partial charge in [0, 0.05) is 24.8 Å². The van der Waals surface area contributed by atoms with Crippen molar-refractivity contribution in [3.05, 3.63) is 29.8 Å². The normalized spacial score (nSPS) is 20.0. The number of rotatable bonds is 8. The molecule has 2 rings (SSSR count). The summed E-state index contributed by atoms with van der Waals surface area (Å²) in [6.45, 7) is 4.41. The zero-order valence-corrected chi connectivity index (χ0v) is 12.2. The van der Waals surface area contributed by atoms with Gasteiger partial charge in [0.2, 0.25) is 0 Å². The SMILES string of the molecule is CCC(CO)NCc1ccccc1OCC1CCCO1. The van der Waals surface area contributed by atoms with Crippen LogP contribution in [0.4, 0.5) is 0 Å². The minimum Gasteiger partial charge on any atom is -0.491 e. The van der Waals surface area contributed by atoms with Gasteiger partial charge in [-0.05, 0) is 25.3 Å². The first-order valence-corrected chi connectivity index (χ1v) is 7.50. The third-order valence-corrected chi connectivity index (χ3v) is 3.72. The largest absolute Gasteiger partial charge is 0.491 e.